The first-order valence-electron chi connectivity index (χ1n) is 7.67. The molecule has 1 spiro atoms. The molecule has 3 aliphatic heterocycles. The van der Waals surface area contributed by atoms with Crippen molar-refractivity contribution in [2.24, 2.45) is 0 Å². The van der Waals surface area contributed by atoms with Crippen LogP contribution in [0.4, 0.5) is 0 Å². The highest BCUT2D eigenvalue weighted by Crippen LogP contribution is 2.51. The molecule has 2 bridgehead atoms. The molecule has 3 heterocycles. The monoisotopic (exact) mass is 324 g/mol. The second kappa shape index (κ2) is 4.77. The van der Waals surface area contributed by atoms with Crippen LogP contribution >= 0.6 is 0 Å². The Balaban J connectivity index is 1.68. The van der Waals surface area contributed by atoms with Crippen molar-refractivity contribution in [2.75, 3.05) is 13.2 Å². The fraction of sp³-hybridized carbons (Fsp3) is 0.625. The van der Waals surface area contributed by atoms with Gasteiger partial charge in [-0.2, -0.15) is 0 Å². The third kappa shape index (κ3) is 2.21. The second-order valence-electron chi connectivity index (χ2n) is 6.70. The van der Waals surface area contributed by atoms with Crippen LogP contribution in [0, 0.1) is 0 Å². The molecule has 3 atom stereocenters. The number of ether oxygens (including phenoxy) is 3. The largest absolute Gasteiger partial charge is 0.370 e. The number of benzene rings is 1. The molecule has 0 aromatic heterocycles. The van der Waals surface area contributed by atoms with Crippen molar-refractivity contribution in [3.05, 3.63) is 30.3 Å². The fourth-order valence-electron chi connectivity index (χ4n) is 4.09. The SMILES string of the molecule is C[C@]12C[C@@H](S(=O)(=O)c3ccccc3)[C@H](CC3(C1)OCCO3)O2. The van der Waals surface area contributed by atoms with E-state index in [1.54, 1.807) is 24.3 Å². The molecule has 0 radical (unpaired) electrons. The zero-order chi connectivity index (χ0) is 15.4. The summed E-state index contributed by atoms with van der Waals surface area (Å²) in [6.45, 7) is 3.10. The minimum absolute atomic E-state index is 0.363. The van der Waals surface area contributed by atoms with Gasteiger partial charge in [-0.3, -0.25) is 0 Å². The van der Waals surface area contributed by atoms with Crippen molar-refractivity contribution in [1.29, 1.82) is 0 Å². The summed E-state index contributed by atoms with van der Waals surface area (Å²) in [7, 11) is -3.41. The number of fused-ring (bicyclic) bond motifs is 2. The molecule has 0 saturated carbocycles. The molecule has 0 unspecified atom stereocenters. The molecule has 0 N–H and O–H groups in total. The van der Waals surface area contributed by atoms with Crippen LogP contribution in [0.5, 0.6) is 0 Å². The maximum absolute atomic E-state index is 13.0. The van der Waals surface area contributed by atoms with E-state index >= 15 is 0 Å². The summed E-state index contributed by atoms with van der Waals surface area (Å²) in [4.78, 5) is 0.363. The van der Waals surface area contributed by atoms with Crippen molar-refractivity contribution in [1.82, 2.24) is 0 Å². The molecule has 1 aromatic rings. The molecule has 3 fully saturated rings. The van der Waals surface area contributed by atoms with E-state index in [9.17, 15) is 8.42 Å². The van der Waals surface area contributed by atoms with E-state index in [-0.39, 0.29) is 6.10 Å². The third-order valence-electron chi connectivity index (χ3n) is 4.92. The van der Waals surface area contributed by atoms with Crippen molar-refractivity contribution in [3.63, 3.8) is 0 Å². The fourth-order valence-corrected chi connectivity index (χ4v) is 6.10. The van der Waals surface area contributed by atoms with Gasteiger partial charge < -0.3 is 14.2 Å². The lowest BCUT2D eigenvalue weighted by atomic mass is 9.92. The van der Waals surface area contributed by atoms with Crippen LogP contribution in [0.2, 0.25) is 0 Å². The molecule has 1 aromatic carbocycles. The Morgan fingerprint density at radius 2 is 1.77 bits per heavy atom. The maximum atomic E-state index is 13.0. The first-order valence-corrected chi connectivity index (χ1v) is 9.22. The number of hydrogen-bond acceptors (Lipinski definition) is 5. The van der Waals surface area contributed by atoms with Gasteiger partial charge in [-0.25, -0.2) is 8.42 Å². The Bertz CT molecular complexity index is 665. The molecule has 6 heteroatoms. The van der Waals surface area contributed by atoms with E-state index in [0.717, 1.165) is 0 Å². The Morgan fingerprint density at radius 3 is 2.45 bits per heavy atom. The molecule has 120 valence electrons. The quantitative estimate of drug-likeness (QED) is 0.832. The summed E-state index contributed by atoms with van der Waals surface area (Å²) in [5.41, 5.74) is -0.500. The van der Waals surface area contributed by atoms with Crippen LogP contribution in [-0.4, -0.2) is 44.4 Å². The number of hydrogen-bond donors (Lipinski definition) is 0. The first-order chi connectivity index (χ1) is 10.4. The highest BCUT2D eigenvalue weighted by Gasteiger charge is 2.60. The highest BCUT2D eigenvalue weighted by molar-refractivity contribution is 7.92. The minimum atomic E-state index is -3.41. The van der Waals surface area contributed by atoms with Gasteiger partial charge in [0.25, 0.3) is 0 Å². The van der Waals surface area contributed by atoms with Crippen LogP contribution < -0.4 is 0 Å². The van der Waals surface area contributed by atoms with E-state index in [1.807, 2.05) is 13.0 Å². The van der Waals surface area contributed by atoms with Crippen molar-refractivity contribution in [3.8, 4) is 0 Å². The smallest absolute Gasteiger partial charge is 0.183 e. The van der Waals surface area contributed by atoms with Gasteiger partial charge in [0.1, 0.15) is 0 Å². The summed E-state index contributed by atoms with van der Waals surface area (Å²) in [6, 6.07) is 8.62. The Morgan fingerprint density at radius 1 is 1.09 bits per heavy atom. The minimum Gasteiger partial charge on any atom is -0.370 e. The van der Waals surface area contributed by atoms with Crippen LogP contribution in [0.25, 0.3) is 0 Å². The van der Waals surface area contributed by atoms with Gasteiger partial charge in [0.05, 0.1) is 35.1 Å². The normalized spacial score (nSPS) is 36.8. The van der Waals surface area contributed by atoms with Gasteiger partial charge in [0, 0.05) is 12.8 Å². The van der Waals surface area contributed by atoms with Gasteiger partial charge in [-0.1, -0.05) is 18.2 Å². The average molecular weight is 324 g/mol. The Kier molecular flexibility index (Phi) is 3.17. The second-order valence-corrected chi connectivity index (χ2v) is 8.86. The zero-order valence-corrected chi connectivity index (χ0v) is 13.3. The van der Waals surface area contributed by atoms with E-state index < -0.39 is 26.5 Å². The molecule has 3 aliphatic rings. The first kappa shape index (κ1) is 14.6. The highest BCUT2D eigenvalue weighted by atomic mass is 32.2. The van der Waals surface area contributed by atoms with Crippen LogP contribution in [0.3, 0.4) is 0 Å². The lowest BCUT2D eigenvalue weighted by Gasteiger charge is -2.40. The van der Waals surface area contributed by atoms with Crippen molar-refractivity contribution < 1.29 is 22.6 Å². The predicted molar refractivity (Wildman–Crippen MR) is 79.2 cm³/mol. The molecule has 0 aliphatic carbocycles. The number of rotatable bonds is 2. The average Bonchev–Trinajstić information content (AvgIpc) is 3.02. The Hall–Kier alpha value is -0.950. The summed E-state index contributed by atoms with van der Waals surface area (Å²) in [5, 5.41) is -0.535. The Labute approximate surface area is 130 Å². The van der Waals surface area contributed by atoms with Gasteiger partial charge in [0.2, 0.25) is 0 Å². The van der Waals surface area contributed by atoms with Crippen molar-refractivity contribution >= 4 is 9.84 Å². The standard InChI is InChI=1S/C16H20O5S/c1-15-10-14(22(17,18)12-5-3-2-4-6-12)13(21-15)9-16(11-15)19-7-8-20-16/h2-6,13-14H,7-11H2,1H3/t13-,14+,15-/m0/s1. The van der Waals surface area contributed by atoms with Crippen LogP contribution in [0.1, 0.15) is 26.2 Å². The van der Waals surface area contributed by atoms with E-state index in [2.05, 4.69) is 0 Å². The van der Waals surface area contributed by atoms with E-state index in [1.165, 1.54) is 0 Å². The molecule has 22 heavy (non-hydrogen) atoms. The summed E-state index contributed by atoms with van der Waals surface area (Å²) < 4.78 is 43.6. The number of sulfone groups is 1. The summed E-state index contributed by atoms with van der Waals surface area (Å²) in [6.07, 6.45) is 1.20. The molecule has 0 amide bonds. The molecular weight excluding hydrogens is 304 g/mol. The molecule has 4 rings (SSSR count). The van der Waals surface area contributed by atoms with E-state index in [4.69, 9.17) is 14.2 Å². The molecule has 5 nitrogen and oxygen atoms in total. The van der Waals surface area contributed by atoms with Crippen LogP contribution in [-0.2, 0) is 24.0 Å². The summed E-state index contributed by atoms with van der Waals surface area (Å²) >= 11 is 0. The third-order valence-corrected chi connectivity index (χ3v) is 7.12. The topological polar surface area (TPSA) is 61.8 Å². The van der Waals surface area contributed by atoms with Crippen LogP contribution in [0.15, 0.2) is 35.2 Å². The lowest BCUT2D eigenvalue weighted by molar-refractivity contribution is -0.246. The summed E-state index contributed by atoms with van der Waals surface area (Å²) in [5.74, 6) is -0.654. The molecule has 3 saturated heterocycles. The van der Waals surface area contributed by atoms with E-state index in [0.29, 0.717) is 37.4 Å². The zero-order valence-electron chi connectivity index (χ0n) is 12.5. The van der Waals surface area contributed by atoms with Crippen molar-refractivity contribution in [2.45, 2.75) is 53.8 Å². The van der Waals surface area contributed by atoms with Gasteiger partial charge in [0.15, 0.2) is 15.6 Å². The maximum Gasteiger partial charge on any atom is 0.183 e. The van der Waals surface area contributed by atoms with Gasteiger partial charge in [-0.15, -0.1) is 0 Å². The van der Waals surface area contributed by atoms with Gasteiger partial charge >= 0.3 is 0 Å². The lowest BCUT2D eigenvalue weighted by Crippen LogP contribution is -2.48. The molecular formula is C16H20O5S. The predicted octanol–water partition coefficient (Wildman–Crippen LogP) is 1.91. The van der Waals surface area contributed by atoms with Gasteiger partial charge in [-0.05, 0) is 25.5 Å².